The van der Waals surface area contributed by atoms with Crippen LogP contribution in [0.15, 0.2) is 0 Å². The van der Waals surface area contributed by atoms with E-state index >= 15 is 0 Å². The van der Waals surface area contributed by atoms with Gasteiger partial charge in [-0.25, -0.2) is 0 Å². The predicted octanol–water partition coefficient (Wildman–Crippen LogP) is 0.995. The highest BCUT2D eigenvalue weighted by atomic mass is 14.5. The summed E-state index contributed by atoms with van der Waals surface area (Å²) in [4.78, 5) is 0. The van der Waals surface area contributed by atoms with E-state index in [9.17, 15) is 0 Å². The lowest BCUT2D eigenvalue weighted by Gasteiger charge is -1.80. The topological polar surface area (TPSA) is 26.0 Å². The molecule has 0 aromatic carbocycles. The van der Waals surface area contributed by atoms with Gasteiger partial charge in [0.2, 0.25) is 0 Å². The van der Waals surface area contributed by atoms with E-state index in [1.54, 1.807) is 0 Å². The van der Waals surface area contributed by atoms with Crippen molar-refractivity contribution in [2.24, 2.45) is 5.73 Å². The summed E-state index contributed by atoms with van der Waals surface area (Å²) in [7, 11) is 0. The third kappa shape index (κ3) is 29.6. The number of unbranched alkanes of at least 4 members (excludes halogenated alkanes) is 1. The Kier molecular flexibility index (Phi) is 24.7. The Morgan fingerprint density at radius 2 is 1.86 bits per heavy atom. The van der Waals surface area contributed by atoms with Crippen molar-refractivity contribution in [3.8, 4) is 12.8 Å². The smallest absolute Gasteiger partial charge is 0.00774 e. The molecule has 2 N–H and O–H groups in total. The second kappa shape index (κ2) is 17.8. The molecule has 0 fully saturated rings. The molecule has 0 radical (unpaired) electrons. The van der Waals surface area contributed by atoms with Crippen LogP contribution in [-0.4, -0.2) is 6.54 Å². The van der Waals surface area contributed by atoms with E-state index in [0.29, 0.717) is 0 Å². The van der Waals surface area contributed by atoms with E-state index in [1.165, 1.54) is 12.8 Å². The van der Waals surface area contributed by atoms with Gasteiger partial charge in [-0.2, -0.15) is 0 Å². The molecule has 0 saturated carbocycles. The Bertz CT molecular complexity index is 28.4. The van der Waals surface area contributed by atoms with E-state index in [1.807, 2.05) is 0 Å². The quantitative estimate of drug-likeness (QED) is 0.513. The first-order chi connectivity index (χ1) is 3.41. The van der Waals surface area contributed by atoms with Crippen LogP contribution in [0.5, 0.6) is 0 Å². The van der Waals surface area contributed by atoms with Crippen molar-refractivity contribution in [3.63, 3.8) is 0 Å². The Hall–Kier alpha value is -0.480. The molecule has 0 aliphatic heterocycles. The molecule has 0 heterocycles. The minimum absolute atomic E-state index is 0.844. The van der Waals surface area contributed by atoms with Gasteiger partial charge >= 0.3 is 0 Å². The number of hydrogen-bond donors (Lipinski definition) is 1. The van der Waals surface area contributed by atoms with Gasteiger partial charge in [0.1, 0.15) is 0 Å². The second-order valence-electron chi connectivity index (χ2n) is 1.14. The fourth-order valence-corrected chi connectivity index (χ4v) is 0.204. The SMILES string of the molecule is C#C.CCCCN. The highest BCUT2D eigenvalue weighted by molar-refractivity contribution is 4.47. The van der Waals surface area contributed by atoms with Crippen LogP contribution in [-0.2, 0) is 0 Å². The minimum Gasteiger partial charge on any atom is -0.330 e. The van der Waals surface area contributed by atoms with Gasteiger partial charge in [-0.1, -0.05) is 13.3 Å². The molecule has 42 valence electrons. The number of hydrogen-bond acceptors (Lipinski definition) is 1. The Balaban J connectivity index is 0. The van der Waals surface area contributed by atoms with Crippen LogP contribution in [0.3, 0.4) is 0 Å². The first kappa shape index (κ1) is 9.72. The van der Waals surface area contributed by atoms with Crippen LogP contribution in [0.2, 0.25) is 0 Å². The zero-order chi connectivity index (χ0) is 6.12. The molecule has 0 atom stereocenters. The molecule has 1 nitrogen and oxygen atoms in total. The minimum atomic E-state index is 0.844. The summed E-state index contributed by atoms with van der Waals surface area (Å²) in [5, 5.41) is 0. The van der Waals surface area contributed by atoms with E-state index in [2.05, 4.69) is 19.8 Å². The maximum atomic E-state index is 5.14. The van der Waals surface area contributed by atoms with E-state index in [0.717, 1.165) is 6.54 Å². The summed E-state index contributed by atoms with van der Waals surface area (Å²) in [5.41, 5.74) is 5.14. The van der Waals surface area contributed by atoms with Gasteiger partial charge in [-0.3, -0.25) is 0 Å². The average molecular weight is 99.2 g/mol. The summed E-state index contributed by atoms with van der Waals surface area (Å²) in [5.74, 6) is 0. The largest absolute Gasteiger partial charge is 0.330 e. The van der Waals surface area contributed by atoms with Crippen molar-refractivity contribution in [1.29, 1.82) is 0 Å². The van der Waals surface area contributed by atoms with Crippen LogP contribution in [0.25, 0.3) is 0 Å². The summed E-state index contributed by atoms with van der Waals surface area (Å²) in [6, 6.07) is 0. The van der Waals surface area contributed by atoms with Crippen LogP contribution in [0, 0.1) is 12.8 Å². The lowest BCUT2D eigenvalue weighted by atomic mass is 10.3. The van der Waals surface area contributed by atoms with Crippen molar-refractivity contribution < 1.29 is 0 Å². The molecule has 1 heteroatoms. The fraction of sp³-hybridized carbons (Fsp3) is 0.667. The van der Waals surface area contributed by atoms with Crippen molar-refractivity contribution in [2.45, 2.75) is 19.8 Å². The first-order valence-electron chi connectivity index (χ1n) is 2.45. The molecule has 0 aliphatic carbocycles. The van der Waals surface area contributed by atoms with Crippen LogP contribution >= 0.6 is 0 Å². The van der Waals surface area contributed by atoms with Crippen molar-refractivity contribution in [2.75, 3.05) is 6.54 Å². The predicted molar refractivity (Wildman–Crippen MR) is 33.9 cm³/mol. The molecule has 0 unspecified atom stereocenters. The van der Waals surface area contributed by atoms with Crippen molar-refractivity contribution in [1.82, 2.24) is 0 Å². The summed E-state index contributed by atoms with van der Waals surface area (Å²) < 4.78 is 0. The number of rotatable bonds is 2. The van der Waals surface area contributed by atoms with Gasteiger partial charge in [0.15, 0.2) is 0 Å². The van der Waals surface area contributed by atoms with Crippen LogP contribution in [0.1, 0.15) is 19.8 Å². The molecule has 0 spiro atoms. The monoisotopic (exact) mass is 99.1 g/mol. The average Bonchev–Trinajstić information content (AvgIpc) is 1.75. The molecular formula is C6H13N. The van der Waals surface area contributed by atoms with Gasteiger partial charge in [0.05, 0.1) is 0 Å². The molecule has 0 amide bonds. The summed E-state index contributed by atoms with van der Waals surface area (Å²) in [6.07, 6.45) is 10.4. The molecule has 0 saturated heterocycles. The molecular weight excluding hydrogens is 86.1 g/mol. The summed E-state index contributed by atoms with van der Waals surface area (Å²) in [6.45, 7) is 2.98. The van der Waals surface area contributed by atoms with Crippen molar-refractivity contribution in [3.05, 3.63) is 0 Å². The zero-order valence-electron chi connectivity index (χ0n) is 4.85. The maximum Gasteiger partial charge on any atom is -0.00774 e. The molecule has 7 heavy (non-hydrogen) atoms. The molecule has 0 bridgehead atoms. The molecule has 0 aromatic heterocycles. The Morgan fingerprint density at radius 3 is 1.86 bits per heavy atom. The van der Waals surface area contributed by atoms with E-state index < -0.39 is 0 Å². The Labute approximate surface area is 45.9 Å². The molecule has 0 aromatic rings. The number of nitrogens with two attached hydrogens (primary N) is 1. The van der Waals surface area contributed by atoms with Gasteiger partial charge in [0.25, 0.3) is 0 Å². The summed E-state index contributed by atoms with van der Waals surface area (Å²) >= 11 is 0. The fourth-order valence-electron chi connectivity index (χ4n) is 0.204. The second-order valence-corrected chi connectivity index (χ2v) is 1.14. The van der Waals surface area contributed by atoms with Gasteiger partial charge in [0, 0.05) is 0 Å². The van der Waals surface area contributed by atoms with Crippen molar-refractivity contribution >= 4 is 0 Å². The van der Waals surface area contributed by atoms with Gasteiger partial charge < -0.3 is 5.73 Å². The molecule has 0 rings (SSSR count). The third-order valence-electron chi connectivity index (χ3n) is 0.558. The number of terminal acetylenes is 1. The van der Waals surface area contributed by atoms with Crippen LogP contribution < -0.4 is 5.73 Å². The third-order valence-corrected chi connectivity index (χ3v) is 0.558. The highest BCUT2D eigenvalue weighted by Crippen LogP contribution is 1.77. The van der Waals surface area contributed by atoms with E-state index in [4.69, 9.17) is 5.73 Å². The maximum absolute atomic E-state index is 5.14. The van der Waals surface area contributed by atoms with Gasteiger partial charge in [-0.05, 0) is 13.0 Å². The zero-order valence-corrected chi connectivity index (χ0v) is 4.85. The normalized spacial score (nSPS) is 6.29. The first-order valence-corrected chi connectivity index (χ1v) is 2.45. The molecule has 0 aliphatic rings. The van der Waals surface area contributed by atoms with E-state index in [-0.39, 0.29) is 0 Å². The lowest BCUT2D eigenvalue weighted by molar-refractivity contribution is 0.807. The van der Waals surface area contributed by atoms with Gasteiger partial charge in [-0.15, -0.1) is 12.8 Å². The van der Waals surface area contributed by atoms with Crippen LogP contribution in [0.4, 0.5) is 0 Å². The standard InChI is InChI=1S/C4H11N.C2H2/c1-2-3-4-5;1-2/h2-5H2,1H3;1-2H. The highest BCUT2D eigenvalue weighted by Gasteiger charge is 1.67. The Morgan fingerprint density at radius 1 is 1.43 bits per heavy atom. The lowest BCUT2D eigenvalue weighted by Crippen LogP contribution is -1.95.